The summed E-state index contributed by atoms with van der Waals surface area (Å²) in [7, 11) is 0. The van der Waals surface area contributed by atoms with Crippen LogP contribution >= 0.6 is 0 Å². The van der Waals surface area contributed by atoms with E-state index < -0.39 is 5.54 Å². The van der Waals surface area contributed by atoms with E-state index in [9.17, 15) is 9.59 Å². The first-order valence-electron chi connectivity index (χ1n) is 10.6. The summed E-state index contributed by atoms with van der Waals surface area (Å²) in [4.78, 5) is 30.4. The fraction of sp³-hybridized carbons (Fsp3) is 0.360. The van der Waals surface area contributed by atoms with Gasteiger partial charge < -0.3 is 18.8 Å². The van der Waals surface area contributed by atoms with Crippen molar-refractivity contribution in [1.82, 2.24) is 14.4 Å². The summed E-state index contributed by atoms with van der Waals surface area (Å²) in [5.74, 6) is -0.213. The Kier molecular flexibility index (Phi) is 5.48. The normalized spacial score (nSPS) is 16.1. The topological polar surface area (TPSA) is 58.7 Å². The van der Waals surface area contributed by atoms with Crippen LogP contribution in [-0.2, 0) is 11.3 Å². The lowest BCUT2D eigenvalue weighted by Gasteiger charge is -2.40. The number of hydrogen-bond donors (Lipinski definition) is 0. The third-order valence-electron chi connectivity index (χ3n) is 5.86. The lowest BCUT2D eigenvalue weighted by molar-refractivity contribution is -0.135. The molecule has 0 bridgehead atoms. The summed E-state index contributed by atoms with van der Waals surface area (Å²) in [6, 6.07) is 13.2. The highest BCUT2D eigenvalue weighted by atomic mass is 16.3. The van der Waals surface area contributed by atoms with Gasteiger partial charge in [-0.1, -0.05) is 17.7 Å². The molecule has 2 aromatic heterocycles. The van der Waals surface area contributed by atoms with E-state index in [1.165, 1.54) is 0 Å². The molecule has 1 aromatic carbocycles. The first kappa shape index (κ1) is 21.0. The van der Waals surface area contributed by atoms with Gasteiger partial charge >= 0.3 is 0 Å². The Morgan fingerprint density at radius 2 is 1.84 bits per heavy atom. The van der Waals surface area contributed by atoms with E-state index in [4.69, 9.17) is 4.42 Å². The van der Waals surface area contributed by atoms with Gasteiger partial charge in [0.1, 0.15) is 12.6 Å². The van der Waals surface area contributed by atoms with Gasteiger partial charge in [-0.25, -0.2) is 0 Å². The fourth-order valence-corrected chi connectivity index (χ4v) is 4.13. The molecule has 1 atom stereocenters. The Morgan fingerprint density at radius 3 is 2.48 bits per heavy atom. The Bertz CT molecular complexity index is 1060. The van der Waals surface area contributed by atoms with Crippen molar-refractivity contribution in [2.24, 2.45) is 0 Å². The Balaban J connectivity index is 1.62. The zero-order valence-corrected chi connectivity index (χ0v) is 18.5. The van der Waals surface area contributed by atoms with Gasteiger partial charge in [0, 0.05) is 41.6 Å². The van der Waals surface area contributed by atoms with Gasteiger partial charge in [0.2, 0.25) is 5.91 Å². The Labute approximate surface area is 183 Å². The highest BCUT2D eigenvalue weighted by Gasteiger charge is 2.36. The molecule has 0 spiro atoms. The molecule has 4 rings (SSSR count). The average molecular weight is 420 g/mol. The smallest absolute Gasteiger partial charge is 0.254 e. The second-order valence-electron chi connectivity index (χ2n) is 9.10. The van der Waals surface area contributed by atoms with Crippen molar-refractivity contribution in [3.8, 4) is 0 Å². The zero-order valence-electron chi connectivity index (χ0n) is 18.5. The summed E-state index contributed by atoms with van der Waals surface area (Å²) < 4.78 is 7.48. The number of fused-ring (bicyclic) bond motifs is 1. The summed E-state index contributed by atoms with van der Waals surface area (Å²) in [5.41, 5.74) is 3.16. The Morgan fingerprint density at radius 1 is 1.10 bits per heavy atom. The molecule has 2 amide bonds. The molecule has 0 N–H and O–H groups in total. The van der Waals surface area contributed by atoms with Crippen LogP contribution in [0.25, 0.3) is 0 Å². The number of carbonyl (C=O) groups is 2. The maximum Gasteiger partial charge on any atom is 0.254 e. The largest absolute Gasteiger partial charge is 0.472 e. The van der Waals surface area contributed by atoms with E-state index in [0.717, 1.165) is 23.4 Å². The van der Waals surface area contributed by atoms with Crippen molar-refractivity contribution >= 4 is 11.8 Å². The number of benzene rings is 1. The summed E-state index contributed by atoms with van der Waals surface area (Å²) >= 11 is 0. The number of rotatable bonds is 4. The number of aryl methyl sites for hydroxylation is 1. The van der Waals surface area contributed by atoms with Gasteiger partial charge in [0.25, 0.3) is 5.91 Å². The molecule has 162 valence electrons. The average Bonchev–Trinajstić information content (AvgIpc) is 3.42. The lowest BCUT2D eigenvalue weighted by atomic mass is 10.0. The first-order valence-corrected chi connectivity index (χ1v) is 10.6. The molecule has 3 aromatic rings. The van der Waals surface area contributed by atoms with Gasteiger partial charge in [-0.3, -0.25) is 9.59 Å². The summed E-state index contributed by atoms with van der Waals surface area (Å²) in [5, 5.41) is 0. The molecule has 6 nitrogen and oxygen atoms in total. The van der Waals surface area contributed by atoms with E-state index in [1.807, 2.05) is 81.3 Å². The molecule has 0 unspecified atom stereocenters. The number of amides is 2. The van der Waals surface area contributed by atoms with Crippen LogP contribution in [0.1, 0.15) is 54.0 Å². The maximum absolute atomic E-state index is 13.6. The number of furan rings is 1. The van der Waals surface area contributed by atoms with Crippen LogP contribution in [0.2, 0.25) is 0 Å². The first-order chi connectivity index (χ1) is 14.8. The molecule has 3 heterocycles. The second-order valence-corrected chi connectivity index (χ2v) is 9.10. The minimum atomic E-state index is -0.501. The molecule has 0 saturated heterocycles. The van der Waals surface area contributed by atoms with Gasteiger partial charge in [-0.15, -0.1) is 0 Å². The molecular weight excluding hydrogens is 390 g/mol. The minimum Gasteiger partial charge on any atom is -0.472 e. The predicted octanol–water partition coefficient (Wildman–Crippen LogP) is 4.26. The van der Waals surface area contributed by atoms with Crippen molar-refractivity contribution in [2.75, 3.05) is 13.1 Å². The van der Waals surface area contributed by atoms with Crippen LogP contribution in [0.5, 0.6) is 0 Å². The van der Waals surface area contributed by atoms with Gasteiger partial charge in [-0.05, 0) is 58.0 Å². The van der Waals surface area contributed by atoms with E-state index >= 15 is 0 Å². The highest BCUT2D eigenvalue weighted by molar-refractivity contribution is 5.97. The quantitative estimate of drug-likeness (QED) is 0.635. The van der Waals surface area contributed by atoms with Crippen molar-refractivity contribution in [2.45, 2.75) is 45.8 Å². The van der Waals surface area contributed by atoms with Gasteiger partial charge in [0.15, 0.2) is 0 Å². The third kappa shape index (κ3) is 4.15. The number of hydrogen-bond acceptors (Lipinski definition) is 3. The molecular formula is C25H29N3O3. The lowest BCUT2D eigenvalue weighted by Crippen LogP contribution is -2.53. The van der Waals surface area contributed by atoms with Crippen LogP contribution < -0.4 is 0 Å². The fourth-order valence-electron chi connectivity index (χ4n) is 4.13. The minimum absolute atomic E-state index is 0.0191. The molecule has 0 radical (unpaired) electrons. The number of aromatic nitrogens is 1. The second kappa shape index (κ2) is 8.10. The summed E-state index contributed by atoms with van der Waals surface area (Å²) in [6.45, 7) is 9.19. The molecule has 0 aliphatic carbocycles. The zero-order chi connectivity index (χ0) is 22.2. The standard InChI is InChI=1S/C25H29N3O3/c1-18-7-9-19(10-8-18)24(30)28(25(2,3)4)16-22(29)27-14-13-26-12-5-6-21(26)23(27)20-11-15-31-17-20/h5-12,15,17,23H,13-14,16H2,1-4H3/t23-/m1/s1. The molecule has 0 fully saturated rings. The van der Waals surface area contributed by atoms with Crippen LogP contribution in [0.4, 0.5) is 0 Å². The molecule has 1 aliphatic rings. The third-order valence-corrected chi connectivity index (χ3v) is 5.86. The molecule has 1 aliphatic heterocycles. The van der Waals surface area contributed by atoms with Crippen molar-refractivity contribution in [3.05, 3.63) is 83.6 Å². The SMILES string of the molecule is Cc1ccc(C(=O)N(CC(=O)N2CCn3cccc3[C@H]2c2ccoc2)C(C)(C)C)cc1. The molecule has 31 heavy (non-hydrogen) atoms. The predicted molar refractivity (Wildman–Crippen MR) is 119 cm³/mol. The summed E-state index contributed by atoms with van der Waals surface area (Å²) in [6.07, 6.45) is 5.35. The van der Waals surface area contributed by atoms with E-state index in [2.05, 4.69) is 4.57 Å². The van der Waals surface area contributed by atoms with Gasteiger partial charge in [-0.2, -0.15) is 0 Å². The van der Waals surface area contributed by atoms with E-state index in [1.54, 1.807) is 17.4 Å². The van der Waals surface area contributed by atoms with Crippen LogP contribution in [0.3, 0.4) is 0 Å². The number of carbonyl (C=O) groups excluding carboxylic acids is 2. The van der Waals surface area contributed by atoms with E-state index in [0.29, 0.717) is 12.1 Å². The maximum atomic E-state index is 13.6. The van der Waals surface area contributed by atoms with Crippen molar-refractivity contribution in [1.29, 1.82) is 0 Å². The van der Waals surface area contributed by atoms with Crippen LogP contribution in [-0.4, -0.2) is 44.8 Å². The monoisotopic (exact) mass is 419 g/mol. The van der Waals surface area contributed by atoms with E-state index in [-0.39, 0.29) is 24.4 Å². The van der Waals surface area contributed by atoms with Crippen LogP contribution in [0, 0.1) is 6.92 Å². The van der Waals surface area contributed by atoms with Crippen molar-refractivity contribution < 1.29 is 14.0 Å². The van der Waals surface area contributed by atoms with Gasteiger partial charge in [0.05, 0.1) is 12.5 Å². The molecule has 6 heteroatoms. The molecule has 0 saturated carbocycles. The highest BCUT2D eigenvalue weighted by Crippen LogP contribution is 2.33. The Hall–Kier alpha value is -3.28. The van der Waals surface area contributed by atoms with Crippen LogP contribution in [0.15, 0.2) is 65.6 Å². The van der Waals surface area contributed by atoms with Crippen molar-refractivity contribution in [3.63, 3.8) is 0 Å². The number of nitrogens with zero attached hydrogens (tertiary/aromatic N) is 3.